The minimum Gasteiger partial charge on any atom is -0.375 e. The van der Waals surface area contributed by atoms with Crippen LogP contribution in [0, 0.1) is 13.8 Å². The lowest BCUT2D eigenvalue weighted by atomic mass is 10.1. The number of nitrogens with one attached hydrogen (secondary N) is 2. The number of halogens is 1. The van der Waals surface area contributed by atoms with E-state index in [4.69, 9.17) is 16.3 Å². The van der Waals surface area contributed by atoms with Gasteiger partial charge in [-0.2, -0.15) is 0 Å². The maximum atomic E-state index is 6.05. The zero-order valence-electron chi connectivity index (χ0n) is 14.4. The second-order valence-electron chi connectivity index (χ2n) is 5.34. The summed E-state index contributed by atoms with van der Waals surface area (Å²) in [5.41, 5.74) is 2.11. The van der Waals surface area contributed by atoms with Crippen LogP contribution >= 0.6 is 22.9 Å². The summed E-state index contributed by atoms with van der Waals surface area (Å²) < 4.78 is 5.55. The third kappa shape index (κ3) is 5.19. The molecule has 2 rings (SSSR count). The molecule has 0 saturated carbocycles. The average molecular weight is 367 g/mol. The van der Waals surface area contributed by atoms with Gasteiger partial charge in [-0.3, -0.25) is 4.99 Å². The molecule has 1 aromatic heterocycles. The SMILES string of the molecule is CN=C(NCc1nc(C)c(C)s1)NCC(OC)c1cccc(Cl)c1. The number of thiazole rings is 1. The molecule has 1 atom stereocenters. The van der Waals surface area contributed by atoms with Crippen LogP contribution in [-0.4, -0.2) is 31.6 Å². The van der Waals surface area contributed by atoms with Crippen molar-refractivity contribution in [2.45, 2.75) is 26.5 Å². The average Bonchev–Trinajstić information content (AvgIpc) is 2.89. The van der Waals surface area contributed by atoms with Gasteiger partial charge in [-0.15, -0.1) is 11.3 Å². The van der Waals surface area contributed by atoms with Crippen LogP contribution in [0.5, 0.6) is 0 Å². The molecule has 0 amide bonds. The van der Waals surface area contributed by atoms with E-state index in [1.165, 1.54) is 4.88 Å². The summed E-state index contributed by atoms with van der Waals surface area (Å²) in [5, 5.41) is 8.30. The van der Waals surface area contributed by atoms with E-state index in [1.54, 1.807) is 25.5 Å². The van der Waals surface area contributed by atoms with Crippen LogP contribution in [0.25, 0.3) is 0 Å². The molecule has 0 spiro atoms. The largest absolute Gasteiger partial charge is 0.375 e. The van der Waals surface area contributed by atoms with Crippen molar-refractivity contribution in [3.63, 3.8) is 0 Å². The van der Waals surface area contributed by atoms with Crippen LogP contribution in [-0.2, 0) is 11.3 Å². The van der Waals surface area contributed by atoms with E-state index in [2.05, 4.69) is 27.5 Å². The maximum Gasteiger partial charge on any atom is 0.191 e. The fraction of sp³-hybridized carbons (Fsp3) is 0.412. The minimum atomic E-state index is -0.105. The van der Waals surface area contributed by atoms with Gasteiger partial charge in [-0.1, -0.05) is 23.7 Å². The van der Waals surface area contributed by atoms with Gasteiger partial charge in [0.1, 0.15) is 5.01 Å². The Morgan fingerprint density at radius 2 is 2.17 bits per heavy atom. The highest BCUT2D eigenvalue weighted by Gasteiger charge is 2.12. The van der Waals surface area contributed by atoms with Gasteiger partial charge in [0.15, 0.2) is 5.96 Å². The Labute approximate surface area is 152 Å². The van der Waals surface area contributed by atoms with Gasteiger partial charge in [-0.05, 0) is 31.5 Å². The van der Waals surface area contributed by atoms with Crippen molar-refractivity contribution in [2.75, 3.05) is 20.7 Å². The van der Waals surface area contributed by atoms with Crippen molar-refractivity contribution in [3.8, 4) is 0 Å². The lowest BCUT2D eigenvalue weighted by Crippen LogP contribution is -2.39. The highest BCUT2D eigenvalue weighted by Crippen LogP contribution is 2.20. The van der Waals surface area contributed by atoms with Crippen LogP contribution < -0.4 is 10.6 Å². The molecule has 1 heterocycles. The van der Waals surface area contributed by atoms with Crippen molar-refractivity contribution in [3.05, 3.63) is 50.4 Å². The third-order valence-corrected chi connectivity index (χ3v) is 4.97. The Hall–Kier alpha value is -1.63. The monoisotopic (exact) mass is 366 g/mol. The van der Waals surface area contributed by atoms with E-state index in [1.807, 2.05) is 31.2 Å². The summed E-state index contributed by atoms with van der Waals surface area (Å²) in [7, 11) is 3.43. The standard InChI is InChI=1S/C17H23ClN4OS/c1-11-12(2)24-16(22-11)10-21-17(19-3)20-9-15(23-4)13-6-5-7-14(18)8-13/h5-8,15H,9-10H2,1-4H3,(H2,19,20,21). The molecule has 130 valence electrons. The van der Waals surface area contributed by atoms with E-state index in [9.17, 15) is 0 Å². The highest BCUT2D eigenvalue weighted by molar-refractivity contribution is 7.11. The van der Waals surface area contributed by atoms with Crippen molar-refractivity contribution in [1.82, 2.24) is 15.6 Å². The molecule has 0 fully saturated rings. The van der Waals surface area contributed by atoms with Crippen molar-refractivity contribution in [2.24, 2.45) is 4.99 Å². The number of aliphatic imine (C=N–C) groups is 1. The highest BCUT2D eigenvalue weighted by atomic mass is 35.5. The van der Waals surface area contributed by atoms with Crippen LogP contribution in [0.1, 0.15) is 27.2 Å². The number of nitrogens with zero attached hydrogens (tertiary/aromatic N) is 2. The van der Waals surface area contributed by atoms with E-state index < -0.39 is 0 Å². The molecule has 0 aliphatic carbocycles. The summed E-state index contributed by atoms with van der Waals surface area (Å²) in [6.07, 6.45) is -0.105. The van der Waals surface area contributed by atoms with Crippen LogP contribution in [0.3, 0.4) is 0 Å². The second-order valence-corrected chi connectivity index (χ2v) is 7.06. The third-order valence-electron chi connectivity index (χ3n) is 3.66. The van der Waals surface area contributed by atoms with Gasteiger partial charge in [0.2, 0.25) is 0 Å². The molecular weight excluding hydrogens is 344 g/mol. The molecule has 0 saturated heterocycles. The number of benzene rings is 1. The number of hydrogen-bond donors (Lipinski definition) is 2. The molecule has 0 aliphatic rings. The number of hydrogen-bond acceptors (Lipinski definition) is 4. The Bertz CT molecular complexity index is 682. The van der Waals surface area contributed by atoms with Gasteiger partial charge in [-0.25, -0.2) is 4.98 Å². The molecule has 0 radical (unpaired) electrons. The first-order chi connectivity index (χ1) is 11.5. The van der Waals surface area contributed by atoms with Crippen molar-refractivity contribution in [1.29, 1.82) is 0 Å². The first-order valence-electron chi connectivity index (χ1n) is 7.69. The van der Waals surface area contributed by atoms with Gasteiger partial charge in [0.25, 0.3) is 0 Å². The van der Waals surface area contributed by atoms with Gasteiger partial charge in [0, 0.05) is 30.6 Å². The molecule has 7 heteroatoms. The Morgan fingerprint density at radius 3 is 2.75 bits per heavy atom. The smallest absolute Gasteiger partial charge is 0.191 e. The van der Waals surface area contributed by atoms with E-state index >= 15 is 0 Å². The predicted molar refractivity (Wildman–Crippen MR) is 101 cm³/mol. The van der Waals surface area contributed by atoms with E-state index in [0.717, 1.165) is 16.3 Å². The predicted octanol–water partition coefficient (Wildman–Crippen LogP) is 3.47. The van der Waals surface area contributed by atoms with Crippen molar-refractivity contribution >= 4 is 28.9 Å². The first-order valence-corrected chi connectivity index (χ1v) is 8.88. The number of ether oxygens (including phenoxy) is 1. The van der Waals surface area contributed by atoms with Gasteiger partial charge in [0.05, 0.1) is 18.3 Å². The molecule has 5 nitrogen and oxygen atoms in total. The number of guanidine groups is 1. The summed E-state index contributed by atoms with van der Waals surface area (Å²) in [6, 6.07) is 7.68. The minimum absolute atomic E-state index is 0.105. The Morgan fingerprint density at radius 1 is 1.38 bits per heavy atom. The fourth-order valence-electron chi connectivity index (χ4n) is 2.23. The first kappa shape index (κ1) is 18.7. The quantitative estimate of drug-likeness (QED) is 0.607. The number of rotatable bonds is 6. The number of aromatic nitrogens is 1. The zero-order chi connectivity index (χ0) is 17.5. The van der Waals surface area contributed by atoms with Crippen molar-refractivity contribution < 1.29 is 4.74 Å². The number of aryl methyl sites for hydroxylation is 2. The maximum absolute atomic E-state index is 6.05. The van der Waals surface area contributed by atoms with E-state index in [-0.39, 0.29) is 6.10 Å². The molecular formula is C17H23ClN4OS. The molecule has 1 aromatic carbocycles. The normalized spacial score (nSPS) is 13.0. The lowest BCUT2D eigenvalue weighted by Gasteiger charge is -2.18. The second kappa shape index (κ2) is 9.01. The van der Waals surface area contributed by atoms with E-state index in [0.29, 0.717) is 24.1 Å². The molecule has 1 unspecified atom stereocenters. The molecule has 0 bridgehead atoms. The Kier molecular flexibility index (Phi) is 7.02. The van der Waals surface area contributed by atoms with Crippen LogP contribution in [0.2, 0.25) is 5.02 Å². The van der Waals surface area contributed by atoms with Gasteiger partial charge >= 0.3 is 0 Å². The Balaban J connectivity index is 1.90. The fourth-order valence-corrected chi connectivity index (χ4v) is 3.30. The summed E-state index contributed by atoms with van der Waals surface area (Å²) in [5.74, 6) is 0.713. The van der Waals surface area contributed by atoms with Crippen LogP contribution in [0.4, 0.5) is 0 Å². The summed E-state index contributed by atoms with van der Waals surface area (Å²) >= 11 is 7.75. The summed E-state index contributed by atoms with van der Waals surface area (Å²) in [6.45, 7) is 5.34. The molecule has 0 aliphatic heterocycles. The number of methoxy groups -OCH3 is 1. The van der Waals surface area contributed by atoms with Crippen LogP contribution in [0.15, 0.2) is 29.3 Å². The molecule has 24 heavy (non-hydrogen) atoms. The molecule has 2 N–H and O–H groups in total. The van der Waals surface area contributed by atoms with Gasteiger partial charge < -0.3 is 15.4 Å². The lowest BCUT2D eigenvalue weighted by molar-refractivity contribution is 0.106. The summed E-state index contributed by atoms with van der Waals surface area (Å²) in [4.78, 5) is 10.0. The zero-order valence-corrected chi connectivity index (χ0v) is 16.0. The topological polar surface area (TPSA) is 58.5 Å². The molecule has 2 aromatic rings.